The molecule has 2 aromatic carbocycles. The van der Waals surface area contributed by atoms with Crippen molar-refractivity contribution in [2.45, 2.75) is 20.0 Å². The van der Waals surface area contributed by atoms with Gasteiger partial charge in [-0.2, -0.15) is 0 Å². The molecule has 0 atom stereocenters. The van der Waals surface area contributed by atoms with Crippen LogP contribution in [0.25, 0.3) is 0 Å². The van der Waals surface area contributed by atoms with Crippen molar-refractivity contribution < 1.29 is 14.2 Å². The number of hydrogen-bond donors (Lipinski definition) is 1. The Morgan fingerprint density at radius 2 is 1.77 bits per heavy atom. The van der Waals surface area contributed by atoms with Gasteiger partial charge < -0.3 is 24.4 Å². The van der Waals surface area contributed by atoms with E-state index in [9.17, 15) is 0 Å². The predicted molar refractivity (Wildman–Crippen MR) is 106 cm³/mol. The van der Waals surface area contributed by atoms with E-state index in [1.165, 1.54) is 0 Å². The van der Waals surface area contributed by atoms with Crippen LogP contribution >= 0.6 is 12.2 Å². The van der Waals surface area contributed by atoms with Crippen LogP contribution in [0.4, 0.5) is 0 Å². The fourth-order valence-electron chi connectivity index (χ4n) is 2.77. The molecule has 1 aliphatic heterocycles. The summed E-state index contributed by atoms with van der Waals surface area (Å²) in [5.41, 5.74) is 2.30. The zero-order valence-corrected chi connectivity index (χ0v) is 16.0. The van der Waals surface area contributed by atoms with Gasteiger partial charge >= 0.3 is 0 Å². The van der Waals surface area contributed by atoms with Crippen molar-refractivity contribution in [1.82, 2.24) is 10.2 Å². The number of nitrogens with one attached hydrogen (secondary N) is 1. The van der Waals surface area contributed by atoms with E-state index in [2.05, 4.69) is 23.2 Å². The molecular weight excluding hydrogens is 348 g/mol. The quantitative estimate of drug-likeness (QED) is 0.785. The molecule has 0 saturated carbocycles. The zero-order chi connectivity index (χ0) is 18.4. The Balaban J connectivity index is 1.58. The fraction of sp³-hybridized carbons (Fsp3) is 0.350. The highest BCUT2D eigenvalue weighted by Crippen LogP contribution is 2.31. The van der Waals surface area contributed by atoms with Gasteiger partial charge in [-0.05, 0) is 54.5 Å². The summed E-state index contributed by atoms with van der Waals surface area (Å²) >= 11 is 5.58. The largest absolute Gasteiger partial charge is 0.497 e. The van der Waals surface area contributed by atoms with Gasteiger partial charge in [0.2, 0.25) is 0 Å². The molecule has 0 aliphatic carbocycles. The summed E-state index contributed by atoms with van der Waals surface area (Å²) in [5, 5.41) is 4.07. The zero-order valence-electron chi connectivity index (χ0n) is 15.2. The molecule has 3 rings (SSSR count). The molecular formula is C20H24N2O3S. The molecule has 1 heterocycles. The molecule has 0 unspecified atom stereocenters. The van der Waals surface area contributed by atoms with E-state index < -0.39 is 0 Å². The van der Waals surface area contributed by atoms with Crippen molar-refractivity contribution in [3.8, 4) is 17.2 Å². The van der Waals surface area contributed by atoms with E-state index in [0.29, 0.717) is 19.8 Å². The Morgan fingerprint density at radius 1 is 1.08 bits per heavy atom. The molecule has 26 heavy (non-hydrogen) atoms. The number of methoxy groups -OCH3 is 1. The lowest BCUT2D eigenvalue weighted by molar-refractivity contribution is 0.171. The number of nitrogens with zero attached hydrogens (tertiary/aromatic N) is 1. The average molecular weight is 372 g/mol. The van der Waals surface area contributed by atoms with Crippen LogP contribution in [0.1, 0.15) is 18.1 Å². The minimum atomic E-state index is 0.593. The van der Waals surface area contributed by atoms with Crippen molar-refractivity contribution in [3.63, 3.8) is 0 Å². The normalized spacial score (nSPS) is 12.4. The molecule has 0 saturated heterocycles. The van der Waals surface area contributed by atoms with Crippen LogP contribution in [-0.2, 0) is 13.1 Å². The van der Waals surface area contributed by atoms with Crippen LogP contribution in [-0.4, -0.2) is 36.9 Å². The first kappa shape index (κ1) is 18.3. The summed E-state index contributed by atoms with van der Waals surface area (Å²) < 4.78 is 16.4. The van der Waals surface area contributed by atoms with Crippen molar-refractivity contribution in [2.75, 3.05) is 26.9 Å². The lowest BCUT2D eigenvalue weighted by Crippen LogP contribution is -2.38. The SMILES string of the molecule is CCN(Cc1ccc2c(c1)OCCO2)C(=S)NCc1ccc(OC)cc1. The van der Waals surface area contributed by atoms with Gasteiger partial charge in [0.05, 0.1) is 7.11 Å². The molecule has 0 amide bonds. The van der Waals surface area contributed by atoms with Crippen LogP contribution < -0.4 is 19.5 Å². The molecule has 0 fully saturated rings. The van der Waals surface area contributed by atoms with Crippen LogP contribution in [0.3, 0.4) is 0 Å². The standard InChI is InChI=1S/C20H24N2O3S/c1-3-22(14-16-6-9-18-19(12-16)25-11-10-24-18)20(26)21-13-15-4-7-17(23-2)8-5-15/h4-9,12H,3,10-11,13-14H2,1-2H3,(H,21,26). The molecule has 2 aromatic rings. The van der Waals surface area contributed by atoms with Gasteiger partial charge in [0.15, 0.2) is 16.6 Å². The van der Waals surface area contributed by atoms with Crippen molar-refractivity contribution in [1.29, 1.82) is 0 Å². The Hall–Kier alpha value is -2.47. The molecule has 138 valence electrons. The monoisotopic (exact) mass is 372 g/mol. The van der Waals surface area contributed by atoms with Gasteiger partial charge in [0, 0.05) is 19.6 Å². The third-order valence-corrected chi connectivity index (χ3v) is 4.65. The van der Waals surface area contributed by atoms with Gasteiger partial charge in [0.25, 0.3) is 0 Å². The smallest absolute Gasteiger partial charge is 0.169 e. The number of benzene rings is 2. The first-order valence-corrected chi connectivity index (χ1v) is 9.14. The van der Waals surface area contributed by atoms with Gasteiger partial charge in [0.1, 0.15) is 19.0 Å². The Kier molecular flexibility index (Phi) is 6.17. The summed E-state index contributed by atoms with van der Waals surface area (Å²) in [7, 11) is 1.67. The van der Waals surface area contributed by atoms with Crippen LogP contribution in [0, 0.1) is 0 Å². The van der Waals surface area contributed by atoms with Crippen LogP contribution in [0.5, 0.6) is 17.2 Å². The average Bonchev–Trinajstić information content (AvgIpc) is 2.70. The second-order valence-electron chi connectivity index (χ2n) is 6.00. The molecule has 0 radical (unpaired) electrons. The number of rotatable bonds is 6. The van der Waals surface area contributed by atoms with Crippen molar-refractivity contribution >= 4 is 17.3 Å². The lowest BCUT2D eigenvalue weighted by Gasteiger charge is -2.25. The molecule has 0 spiro atoms. The van der Waals surface area contributed by atoms with E-state index in [1.54, 1.807) is 7.11 Å². The number of fused-ring (bicyclic) bond motifs is 1. The van der Waals surface area contributed by atoms with Gasteiger partial charge in [-0.3, -0.25) is 0 Å². The molecule has 0 bridgehead atoms. The van der Waals surface area contributed by atoms with E-state index >= 15 is 0 Å². The second-order valence-corrected chi connectivity index (χ2v) is 6.39. The third kappa shape index (κ3) is 4.58. The third-order valence-electron chi connectivity index (χ3n) is 4.25. The highest BCUT2D eigenvalue weighted by molar-refractivity contribution is 7.80. The summed E-state index contributed by atoms with van der Waals surface area (Å²) in [6.45, 7) is 5.52. The molecule has 1 N–H and O–H groups in total. The minimum absolute atomic E-state index is 0.593. The highest BCUT2D eigenvalue weighted by Gasteiger charge is 2.14. The number of hydrogen-bond acceptors (Lipinski definition) is 4. The number of ether oxygens (including phenoxy) is 3. The van der Waals surface area contributed by atoms with Crippen molar-refractivity contribution in [2.24, 2.45) is 0 Å². The Morgan fingerprint density at radius 3 is 2.46 bits per heavy atom. The van der Waals surface area contributed by atoms with E-state index in [-0.39, 0.29) is 0 Å². The van der Waals surface area contributed by atoms with Gasteiger partial charge in [-0.25, -0.2) is 0 Å². The maximum Gasteiger partial charge on any atom is 0.169 e. The lowest BCUT2D eigenvalue weighted by atomic mass is 10.2. The molecule has 6 heteroatoms. The van der Waals surface area contributed by atoms with Crippen molar-refractivity contribution in [3.05, 3.63) is 53.6 Å². The van der Waals surface area contributed by atoms with Gasteiger partial charge in [-0.15, -0.1) is 0 Å². The molecule has 1 aliphatic rings. The van der Waals surface area contributed by atoms with Crippen LogP contribution in [0.2, 0.25) is 0 Å². The second kappa shape index (κ2) is 8.76. The molecule has 0 aromatic heterocycles. The first-order valence-electron chi connectivity index (χ1n) is 8.74. The number of thiocarbonyl (C=S) groups is 1. The summed E-state index contributed by atoms with van der Waals surface area (Å²) in [6, 6.07) is 14.0. The predicted octanol–water partition coefficient (Wildman–Crippen LogP) is 3.36. The van der Waals surface area contributed by atoms with E-state index in [1.807, 2.05) is 36.4 Å². The fourth-order valence-corrected chi connectivity index (χ4v) is 3.03. The van der Waals surface area contributed by atoms with E-state index in [4.69, 9.17) is 26.4 Å². The minimum Gasteiger partial charge on any atom is -0.497 e. The maximum atomic E-state index is 5.66. The summed E-state index contributed by atoms with van der Waals surface area (Å²) in [5.74, 6) is 2.47. The first-order chi connectivity index (χ1) is 12.7. The summed E-state index contributed by atoms with van der Waals surface area (Å²) in [4.78, 5) is 2.13. The van der Waals surface area contributed by atoms with Gasteiger partial charge in [-0.1, -0.05) is 18.2 Å². The maximum absolute atomic E-state index is 5.66. The van der Waals surface area contributed by atoms with Crippen LogP contribution in [0.15, 0.2) is 42.5 Å². The highest BCUT2D eigenvalue weighted by atomic mass is 32.1. The topological polar surface area (TPSA) is 43.0 Å². The Bertz CT molecular complexity index is 749. The molecule has 5 nitrogen and oxygen atoms in total. The summed E-state index contributed by atoms with van der Waals surface area (Å²) in [6.07, 6.45) is 0. The Labute approximate surface area is 159 Å². The van der Waals surface area contributed by atoms with E-state index in [0.717, 1.165) is 46.6 Å².